The van der Waals surface area contributed by atoms with E-state index in [1.807, 2.05) is 26.0 Å². The lowest BCUT2D eigenvalue weighted by Crippen LogP contribution is -2.33. The normalized spacial score (nSPS) is 14.5. The number of anilines is 1. The molecule has 1 aliphatic rings. The molecule has 1 heterocycles. The van der Waals surface area contributed by atoms with Crippen LogP contribution < -0.4 is 10.6 Å². The molecular weight excluding hydrogens is 244 g/mol. The van der Waals surface area contributed by atoms with Gasteiger partial charge in [0.25, 0.3) is 0 Å². The van der Waals surface area contributed by atoms with E-state index in [1.54, 1.807) is 6.07 Å². The zero-order chi connectivity index (χ0) is 14.2. The van der Waals surface area contributed by atoms with Crippen LogP contribution in [0.2, 0.25) is 0 Å². The molecule has 0 bridgehead atoms. The molecule has 0 radical (unpaired) electrons. The first kappa shape index (κ1) is 13.5. The standard InChI is InChI=1S/C14H18N2O3/c1-14(2,8-15)10-4-5-11-9(6-10)7-12(17)16(11)13(18)19-3/h4-6H,7-8,15H2,1-3H3. The van der Waals surface area contributed by atoms with E-state index in [0.29, 0.717) is 12.2 Å². The number of carbonyl (C=O) groups excluding carboxylic acids is 2. The maximum absolute atomic E-state index is 11.9. The highest BCUT2D eigenvalue weighted by Gasteiger charge is 2.34. The SMILES string of the molecule is COC(=O)N1C(=O)Cc2cc(C(C)(C)CN)ccc21. The molecule has 2 rings (SSSR count). The molecule has 0 fully saturated rings. The number of amides is 2. The van der Waals surface area contributed by atoms with E-state index in [1.165, 1.54) is 7.11 Å². The van der Waals surface area contributed by atoms with Gasteiger partial charge in [-0.05, 0) is 17.2 Å². The summed E-state index contributed by atoms with van der Waals surface area (Å²) in [5.41, 5.74) is 8.11. The van der Waals surface area contributed by atoms with Gasteiger partial charge in [0.1, 0.15) is 0 Å². The van der Waals surface area contributed by atoms with E-state index in [9.17, 15) is 9.59 Å². The molecule has 0 saturated carbocycles. The van der Waals surface area contributed by atoms with Crippen molar-refractivity contribution in [3.8, 4) is 0 Å². The molecule has 2 amide bonds. The number of fused-ring (bicyclic) bond motifs is 1. The predicted molar refractivity (Wildman–Crippen MR) is 72.1 cm³/mol. The lowest BCUT2D eigenvalue weighted by Gasteiger charge is -2.24. The second-order valence-corrected chi connectivity index (χ2v) is 5.31. The smallest absolute Gasteiger partial charge is 0.420 e. The van der Waals surface area contributed by atoms with Crippen molar-refractivity contribution in [3.63, 3.8) is 0 Å². The minimum absolute atomic E-state index is 0.156. The average molecular weight is 262 g/mol. The third-order valence-electron chi connectivity index (χ3n) is 3.56. The average Bonchev–Trinajstić information content (AvgIpc) is 2.72. The van der Waals surface area contributed by atoms with Gasteiger partial charge >= 0.3 is 6.09 Å². The molecular formula is C14H18N2O3. The van der Waals surface area contributed by atoms with Gasteiger partial charge in [-0.15, -0.1) is 0 Å². The van der Waals surface area contributed by atoms with E-state index in [2.05, 4.69) is 4.74 Å². The summed E-state index contributed by atoms with van der Waals surface area (Å²) in [7, 11) is 1.26. The Balaban J connectivity index is 2.43. The van der Waals surface area contributed by atoms with Crippen molar-refractivity contribution in [1.82, 2.24) is 0 Å². The van der Waals surface area contributed by atoms with Gasteiger partial charge in [0.2, 0.25) is 5.91 Å². The number of rotatable bonds is 2. The highest BCUT2D eigenvalue weighted by Crippen LogP contribution is 2.33. The highest BCUT2D eigenvalue weighted by molar-refractivity contribution is 6.17. The molecule has 0 saturated heterocycles. The van der Waals surface area contributed by atoms with Crippen LogP contribution in [0.15, 0.2) is 18.2 Å². The highest BCUT2D eigenvalue weighted by atomic mass is 16.5. The Morgan fingerprint density at radius 1 is 1.47 bits per heavy atom. The summed E-state index contributed by atoms with van der Waals surface area (Å²) in [4.78, 5) is 24.5. The van der Waals surface area contributed by atoms with Gasteiger partial charge in [-0.2, -0.15) is 0 Å². The van der Waals surface area contributed by atoms with Gasteiger partial charge in [0, 0.05) is 12.0 Å². The first-order valence-electron chi connectivity index (χ1n) is 6.15. The molecule has 5 heteroatoms. The Kier molecular flexibility index (Phi) is 3.32. The summed E-state index contributed by atoms with van der Waals surface area (Å²) in [6.07, 6.45) is -0.423. The van der Waals surface area contributed by atoms with E-state index >= 15 is 0 Å². The zero-order valence-electron chi connectivity index (χ0n) is 11.4. The minimum Gasteiger partial charge on any atom is -0.452 e. The first-order valence-corrected chi connectivity index (χ1v) is 6.15. The Hall–Kier alpha value is -1.88. The summed E-state index contributed by atoms with van der Waals surface area (Å²) < 4.78 is 4.63. The summed E-state index contributed by atoms with van der Waals surface area (Å²) in [5, 5.41) is 0. The van der Waals surface area contributed by atoms with Gasteiger partial charge in [-0.1, -0.05) is 26.0 Å². The molecule has 1 aromatic carbocycles. The van der Waals surface area contributed by atoms with Crippen molar-refractivity contribution in [1.29, 1.82) is 0 Å². The fourth-order valence-corrected chi connectivity index (χ4v) is 2.15. The molecule has 102 valence electrons. The van der Waals surface area contributed by atoms with Crippen molar-refractivity contribution >= 4 is 17.7 Å². The number of carbonyl (C=O) groups is 2. The third-order valence-corrected chi connectivity index (χ3v) is 3.56. The van der Waals surface area contributed by atoms with Crippen LogP contribution in [0.4, 0.5) is 10.5 Å². The van der Waals surface area contributed by atoms with Crippen LogP contribution in [-0.2, 0) is 21.4 Å². The Labute approximate surface area is 112 Å². The number of nitrogens with zero attached hydrogens (tertiary/aromatic N) is 1. The van der Waals surface area contributed by atoms with Crippen molar-refractivity contribution in [2.75, 3.05) is 18.6 Å². The number of nitrogens with two attached hydrogens (primary N) is 1. The monoisotopic (exact) mass is 262 g/mol. The lowest BCUT2D eigenvalue weighted by atomic mass is 9.84. The minimum atomic E-state index is -0.644. The number of hydrogen-bond donors (Lipinski definition) is 1. The number of imide groups is 1. The Morgan fingerprint density at radius 2 is 2.16 bits per heavy atom. The van der Waals surface area contributed by atoms with Gasteiger partial charge in [-0.25, -0.2) is 9.69 Å². The van der Waals surface area contributed by atoms with Crippen molar-refractivity contribution in [2.45, 2.75) is 25.7 Å². The summed E-state index contributed by atoms with van der Waals surface area (Å²) in [6.45, 7) is 4.60. The molecule has 5 nitrogen and oxygen atoms in total. The van der Waals surface area contributed by atoms with Crippen molar-refractivity contribution in [3.05, 3.63) is 29.3 Å². The van der Waals surface area contributed by atoms with E-state index in [0.717, 1.165) is 16.0 Å². The van der Waals surface area contributed by atoms with Crippen molar-refractivity contribution in [2.24, 2.45) is 5.73 Å². The fraction of sp³-hybridized carbons (Fsp3) is 0.429. The maximum Gasteiger partial charge on any atom is 0.420 e. The van der Waals surface area contributed by atoms with Crippen LogP contribution in [-0.4, -0.2) is 25.7 Å². The third kappa shape index (κ3) is 2.21. The molecule has 0 aliphatic carbocycles. The first-order chi connectivity index (χ1) is 8.90. The lowest BCUT2D eigenvalue weighted by molar-refractivity contribution is -0.116. The maximum atomic E-state index is 11.9. The van der Waals surface area contributed by atoms with Crippen molar-refractivity contribution < 1.29 is 14.3 Å². The molecule has 0 atom stereocenters. The van der Waals surface area contributed by atoms with E-state index < -0.39 is 6.09 Å². The molecule has 1 aromatic rings. The fourth-order valence-electron chi connectivity index (χ4n) is 2.15. The predicted octanol–water partition coefficient (Wildman–Crippen LogP) is 1.58. The summed E-state index contributed by atoms with van der Waals surface area (Å²) in [6, 6.07) is 5.63. The van der Waals surface area contributed by atoms with Crippen LogP contribution in [0.25, 0.3) is 0 Å². The molecule has 1 aliphatic heterocycles. The molecule has 0 unspecified atom stereocenters. The molecule has 0 aromatic heterocycles. The number of methoxy groups -OCH3 is 1. The molecule has 19 heavy (non-hydrogen) atoms. The van der Waals surface area contributed by atoms with Crippen LogP contribution in [0, 0.1) is 0 Å². The van der Waals surface area contributed by atoms with Crippen LogP contribution in [0.5, 0.6) is 0 Å². The van der Waals surface area contributed by atoms with E-state index in [4.69, 9.17) is 5.73 Å². The Bertz CT molecular complexity index is 537. The van der Waals surface area contributed by atoms with Gasteiger partial charge in [-0.3, -0.25) is 4.79 Å². The van der Waals surface area contributed by atoms with E-state index in [-0.39, 0.29) is 17.7 Å². The van der Waals surface area contributed by atoms with Crippen LogP contribution in [0.3, 0.4) is 0 Å². The largest absolute Gasteiger partial charge is 0.452 e. The summed E-state index contributed by atoms with van der Waals surface area (Å²) in [5.74, 6) is -0.260. The number of benzene rings is 1. The van der Waals surface area contributed by atoms with Gasteiger partial charge in [0.15, 0.2) is 0 Å². The number of hydrogen-bond acceptors (Lipinski definition) is 4. The second-order valence-electron chi connectivity index (χ2n) is 5.31. The number of ether oxygens (including phenoxy) is 1. The van der Waals surface area contributed by atoms with Gasteiger partial charge in [0.05, 0.1) is 19.2 Å². The van der Waals surface area contributed by atoms with Crippen LogP contribution >= 0.6 is 0 Å². The molecule has 0 spiro atoms. The van der Waals surface area contributed by atoms with Gasteiger partial charge < -0.3 is 10.5 Å². The van der Waals surface area contributed by atoms with Crippen LogP contribution in [0.1, 0.15) is 25.0 Å². The Morgan fingerprint density at radius 3 is 2.74 bits per heavy atom. The quantitative estimate of drug-likeness (QED) is 0.878. The zero-order valence-corrected chi connectivity index (χ0v) is 11.4. The topological polar surface area (TPSA) is 72.6 Å². The summed E-state index contributed by atoms with van der Waals surface area (Å²) >= 11 is 0. The second kappa shape index (κ2) is 4.66. The molecule has 2 N–H and O–H groups in total.